The van der Waals surface area contributed by atoms with Crippen molar-refractivity contribution in [2.45, 2.75) is 0 Å². The van der Waals surface area contributed by atoms with Crippen LogP contribution in [0.5, 0.6) is 0 Å². The second-order valence-corrected chi connectivity index (χ2v) is 12.5. The molecule has 0 spiro atoms. The minimum atomic E-state index is 0.625. The van der Waals surface area contributed by atoms with Crippen LogP contribution in [0.2, 0.25) is 0 Å². The molecule has 0 amide bonds. The van der Waals surface area contributed by atoms with E-state index in [2.05, 4.69) is 102 Å². The van der Waals surface area contributed by atoms with Gasteiger partial charge in [-0.05, 0) is 53.6 Å². The Morgan fingerprint density at radius 2 is 0.960 bits per heavy atom. The van der Waals surface area contributed by atoms with Crippen LogP contribution in [-0.2, 0) is 0 Å². The molecule has 0 fully saturated rings. The van der Waals surface area contributed by atoms with E-state index in [-0.39, 0.29) is 0 Å². The normalized spacial score (nSPS) is 11.6. The summed E-state index contributed by atoms with van der Waals surface area (Å²) in [6.45, 7) is 0. The van der Waals surface area contributed by atoms with E-state index in [4.69, 9.17) is 19.4 Å². The van der Waals surface area contributed by atoms with Crippen molar-refractivity contribution in [2.75, 3.05) is 0 Å². The van der Waals surface area contributed by atoms with E-state index in [0.29, 0.717) is 17.5 Å². The molecule has 0 saturated carbocycles. The third-order valence-electron chi connectivity index (χ3n) is 9.45. The molecule has 0 saturated heterocycles. The Bertz CT molecular complexity index is 2810. The number of nitrogens with zero attached hydrogens (tertiary/aromatic N) is 4. The van der Waals surface area contributed by atoms with Crippen LogP contribution in [0.25, 0.3) is 94.7 Å². The molecular formula is C45H28N4O. The van der Waals surface area contributed by atoms with Crippen molar-refractivity contribution in [3.05, 3.63) is 170 Å². The SMILES string of the molecule is c1ccc(-c2nc(-c3ccccc3)nc(-c3cccc(-n4c5ccccc5c5c(-c6ccc7c(c6)oc6ccccc67)cccc54)c3)n2)cc1. The Labute approximate surface area is 287 Å². The third kappa shape index (κ3) is 4.60. The Morgan fingerprint density at radius 3 is 1.72 bits per heavy atom. The zero-order chi connectivity index (χ0) is 33.0. The fourth-order valence-electron chi connectivity index (χ4n) is 7.15. The third-order valence-corrected chi connectivity index (χ3v) is 9.45. The number of furan rings is 1. The van der Waals surface area contributed by atoms with Crippen molar-refractivity contribution in [2.24, 2.45) is 0 Å². The summed E-state index contributed by atoms with van der Waals surface area (Å²) < 4.78 is 8.64. The minimum Gasteiger partial charge on any atom is -0.456 e. The molecule has 3 heterocycles. The topological polar surface area (TPSA) is 56.7 Å². The molecule has 0 unspecified atom stereocenters. The van der Waals surface area contributed by atoms with Gasteiger partial charge in [-0.2, -0.15) is 0 Å². The van der Waals surface area contributed by atoms with Gasteiger partial charge in [0.1, 0.15) is 11.2 Å². The van der Waals surface area contributed by atoms with Crippen molar-refractivity contribution in [3.8, 4) is 51.0 Å². The summed E-state index contributed by atoms with van der Waals surface area (Å²) in [5, 5.41) is 4.64. The van der Waals surface area contributed by atoms with Crippen molar-refractivity contribution in [1.29, 1.82) is 0 Å². The van der Waals surface area contributed by atoms with Crippen molar-refractivity contribution < 1.29 is 4.42 Å². The molecule has 234 valence electrons. The van der Waals surface area contributed by atoms with Crippen LogP contribution in [0, 0.1) is 0 Å². The van der Waals surface area contributed by atoms with Crippen molar-refractivity contribution >= 4 is 43.7 Å². The molecule has 10 aromatic rings. The van der Waals surface area contributed by atoms with E-state index in [1.165, 1.54) is 10.8 Å². The molecular weight excluding hydrogens is 613 g/mol. The van der Waals surface area contributed by atoms with E-state index >= 15 is 0 Å². The molecule has 10 rings (SSSR count). The van der Waals surface area contributed by atoms with Gasteiger partial charge in [-0.1, -0.05) is 127 Å². The largest absolute Gasteiger partial charge is 0.456 e. The van der Waals surface area contributed by atoms with Gasteiger partial charge in [0.25, 0.3) is 0 Å². The van der Waals surface area contributed by atoms with Gasteiger partial charge < -0.3 is 8.98 Å². The van der Waals surface area contributed by atoms with Gasteiger partial charge >= 0.3 is 0 Å². The van der Waals surface area contributed by atoms with E-state index in [0.717, 1.165) is 66.5 Å². The first kappa shape index (κ1) is 28.2. The van der Waals surface area contributed by atoms with Gasteiger partial charge in [0, 0.05) is 43.9 Å². The average molecular weight is 641 g/mol. The van der Waals surface area contributed by atoms with Crippen LogP contribution >= 0.6 is 0 Å². The number of aromatic nitrogens is 4. The first-order valence-electron chi connectivity index (χ1n) is 16.7. The Hall–Kier alpha value is -6.85. The van der Waals surface area contributed by atoms with E-state index in [9.17, 15) is 0 Å². The van der Waals surface area contributed by atoms with Crippen molar-refractivity contribution in [3.63, 3.8) is 0 Å². The Balaban J connectivity index is 1.15. The lowest BCUT2D eigenvalue weighted by Gasteiger charge is -2.12. The van der Waals surface area contributed by atoms with Crippen LogP contribution in [0.1, 0.15) is 0 Å². The number of benzene rings is 7. The summed E-state index contributed by atoms with van der Waals surface area (Å²) in [6.07, 6.45) is 0. The van der Waals surface area contributed by atoms with Crippen LogP contribution in [0.15, 0.2) is 174 Å². The highest BCUT2D eigenvalue weighted by Crippen LogP contribution is 2.40. The highest BCUT2D eigenvalue weighted by molar-refractivity contribution is 6.16. The number of hydrogen-bond donors (Lipinski definition) is 0. The van der Waals surface area contributed by atoms with Gasteiger partial charge in [0.05, 0.1) is 11.0 Å². The lowest BCUT2D eigenvalue weighted by molar-refractivity contribution is 0.669. The van der Waals surface area contributed by atoms with Gasteiger partial charge in [-0.3, -0.25) is 0 Å². The zero-order valence-electron chi connectivity index (χ0n) is 26.9. The molecule has 0 N–H and O–H groups in total. The summed E-state index contributed by atoms with van der Waals surface area (Å²) in [5.74, 6) is 1.91. The molecule has 50 heavy (non-hydrogen) atoms. The average Bonchev–Trinajstić information content (AvgIpc) is 3.74. The molecule has 0 atom stereocenters. The fourth-order valence-corrected chi connectivity index (χ4v) is 7.15. The van der Waals surface area contributed by atoms with Gasteiger partial charge in [-0.25, -0.2) is 15.0 Å². The van der Waals surface area contributed by atoms with E-state index in [1.807, 2.05) is 72.8 Å². The first-order chi connectivity index (χ1) is 24.8. The summed E-state index contributed by atoms with van der Waals surface area (Å²) in [6, 6.07) is 58.6. The van der Waals surface area contributed by atoms with E-state index in [1.54, 1.807) is 0 Å². The predicted octanol–water partition coefficient (Wildman–Crippen LogP) is 11.5. The lowest BCUT2D eigenvalue weighted by atomic mass is 9.98. The first-order valence-corrected chi connectivity index (χ1v) is 16.7. The molecule has 0 aliphatic heterocycles. The fraction of sp³-hybridized carbons (Fsp3) is 0. The summed E-state index contributed by atoms with van der Waals surface area (Å²) >= 11 is 0. The molecule has 0 radical (unpaired) electrons. The van der Waals surface area contributed by atoms with Crippen LogP contribution in [0.4, 0.5) is 0 Å². The monoisotopic (exact) mass is 640 g/mol. The highest BCUT2D eigenvalue weighted by atomic mass is 16.3. The second kappa shape index (κ2) is 11.4. The summed E-state index contributed by atoms with van der Waals surface area (Å²) in [7, 11) is 0. The van der Waals surface area contributed by atoms with Crippen LogP contribution in [0.3, 0.4) is 0 Å². The van der Waals surface area contributed by atoms with Gasteiger partial charge in [0.2, 0.25) is 0 Å². The maximum absolute atomic E-state index is 6.30. The Kier molecular flexibility index (Phi) is 6.42. The highest BCUT2D eigenvalue weighted by Gasteiger charge is 2.18. The molecule has 0 aliphatic carbocycles. The molecule has 0 aliphatic rings. The van der Waals surface area contributed by atoms with Crippen molar-refractivity contribution in [1.82, 2.24) is 19.5 Å². The molecule has 7 aromatic carbocycles. The molecule has 5 heteroatoms. The molecule has 3 aromatic heterocycles. The quantitative estimate of drug-likeness (QED) is 0.188. The van der Waals surface area contributed by atoms with Crippen LogP contribution < -0.4 is 0 Å². The summed E-state index contributed by atoms with van der Waals surface area (Å²) in [4.78, 5) is 14.9. The molecule has 5 nitrogen and oxygen atoms in total. The van der Waals surface area contributed by atoms with E-state index < -0.39 is 0 Å². The van der Waals surface area contributed by atoms with Crippen LogP contribution in [-0.4, -0.2) is 19.5 Å². The van der Waals surface area contributed by atoms with Gasteiger partial charge in [0.15, 0.2) is 17.5 Å². The number of fused-ring (bicyclic) bond motifs is 6. The second-order valence-electron chi connectivity index (χ2n) is 12.5. The summed E-state index contributed by atoms with van der Waals surface area (Å²) in [5.41, 5.74) is 10.1. The smallest absolute Gasteiger partial charge is 0.164 e. The maximum Gasteiger partial charge on any atom is 0.164 e. The number of para-hydroxylation sites is 2. The predicted molar refractivity (Wildman–Crippen MR) is 203 cm³/mol. The maximum atomic E-state index is 6.30. The Morgan fingerprint density at radius 1 is 0.380 bits per heavy atom. The number of hydrogen-bond acceptors (Lipinski definition) is 4. The molecule has 0 bridgehead atoms. The number of rotatable bonds is 5. The zero-order valence-corrected chi connectivity index (χ0v) is 26.9. The lowest BCUT2D eigenvalue weighted by Crippen LogP contribution is -2.01. The standard InChI is InChI=1S/C45H28N4O/c1-3-13-29(14-4-1)43-46-44(30-15-5-2-6-16-30)48-45(47-43)32-17-11-18-33(27-32)49-38-22-9-7-20-37(38)42-34(21-12-23-39(42)49)31-25-26-36-35-19-8-10-24-40(35)50-41(36)28-31/h1-28H. The minimum absolute atomic E-state index is 0.625. The van der Waals surface area contributed by atoms with Gasteiger partial charge in [-0.15, -0.1) is 0 Å².